The number of fused-ring (bicyclic) bond motifs is 1. The number of H-pyrrole nitrogens is 1. The van der Waals surface area contributed by atoms with Gasteiger partial charge in [0, 0.05) is 13.0 Å². The van der Waals surface area contributed by atoms with Crippen molar-refractivity contribution in [2.75, 3.05) is 6.54 Å². The summed E-state index contributed by atoms with van der Waals surface area (Å²) in [6, 6.07) is 6.84. The standard InChI is InChI=1S/C18H23N5O4S/c1-11-17(13(3)27-22-11)28(25,26)23-12(2)18(24)19-10-6-9-16-20-14-7-4-5-8-15(14)21-16/h4-5,7-8,12,23H,6,9-10H2,1-3H3,(H,19,24)(H,20,21)/t12-/m1/s1. The van der Waals surface area contributed by atoms with E-state index in [1.54, 1.807) is 0 Å². The number of imidazole rings is 1. The van der Waals surface area contributed by atoms with E-state index in [1.807, 2.05) is 24.3 Å². The smallest absolute Gasteiger partial charge is 0.246 e. The fourth-order valence-corrected chi connectivity index (χ4v) is 4.48. The van der Waals surface area contributed by atoms with Crippen LogP contribution >= 0.6 is 0 Å². The van der Waals surface area contributed by atoms with E-state index in [2.05, 4.69) is 25.2 Å². The molecular formula is C18H23N5O4S. The molecule has 3 aromatic rings. The van der Waals surface area contributed by atoms with Crippen molar-refractivity contribution in [3.63, 3.8) is 0 Å². The highest BCUT2D eigenvalue weighted by atomic mass is 32.2. The van der Waals surface area contributed by atoms with E-state index >= 15 is 0 Å². The first kappa shape index (κ1) is 20.0. The Hall–Kier alpha value is -2.72. The van der Waals surface area contributed by atoms with Crippen molar-refractivity contribution in [2.24, 2.45) is 0 Å². The summed E-state index contributed by atoms with van der Waals surface area (Å²) < 4.78 is 32.1. The average molecular weight is 405 g/mol. The second-order valence-corrected chi connectivity index (χ2v) is 8.24. The van der Waals surface area contributed by atoms with Crippen molar-refractivity contribution in [1.29, 1.82) is 0 Å². The Bertz CT molecular complexity index is 1030. The van der Waals surface area contributed by atoms with Gasteiger partial charge >= 0.3 is 0 Å². The van der Waals surface area contributed by atoms with Gasteiger partial charge in [0.1, 0.15) is 16.4 Å². The molecule has 3 N–H and O–H groups in total. The van der Waals surface area contributed by atoms with E-state index < -0.39 is 22.0 Å². The molecule has 0 unspecified atom stereocenters. The fourth-order valence-electron chi connectivity index (χ4n) is 2.95. The molecule has 28 heavy (non-hydrogen) atoms. The van der Waals surface area contributed by atoms with Gasteiger partial charge in [-0.25, -0.2) is 13.4 Å². The lowest BCUT2D eigenvalue weighted by Crippen LogP contribution is -2.45. The van der Waals surface area contributed by atoms with Crippen molar-refractivity contribution in [2.45, 2.75) is 44.6 Å². The zero-order valence-corrected chi connectivity index (χ0v) is 16.8. The van der Waals surface area contributed by atoms with E-state index in [4.69, 9.17) is 4.52 Å². The molecule has 1 amide bonds. The Labute approximate surface area is 163 Å². The molecular weight excluding hydrogens is 382 g/mol. The maximum atomic E-state index is 12.4. The van der Waals surface area contributed by atoms with Gasteiger partial charge in [0.15, 0.2) is 5.76 Å². The molecule has 1 aromatic carbocycles. The van der Waals surface area contributed by atoms with E-state index in [9.17, 15) is 13.2 Å². The molecule has 10 heteroatoms. The number of hydrogen-bond acceptors (Lipinski definition) is 6. The largest absolute Gasteiger partial charge is 0.360 e. The van der Waals surface area contributed by atoms with Gasteiger partial charge in [-0.3, -0.25) is 4.79 Å². The monoisotopic (exact) mass is 405 g/mol. The third kappa shape index (κ3) is 4.39. The van der Waals surface area contributed by atoms with Crippen LogP contribution in [0.4, 0.5) is 0 Å². The molecule has 2 heterocycles. The van der Waals surface area contributed by atoms with Gasteiger partial charge in [0.05, 0.1) is 17.1 Å². The first-order valence-electron chi connectivity index (χ1n) is 8.94. The van der Waals surface area contributed by atoms with Crippen LogP contribution < -0.4 is 10.0 Å². The van der Waals surface area contributed by atoms with Crippen LogP contribution in [0.15, 0.2) is 33.7 Å². The van der Waals surface area contributed by atoms with Crippen molar-refractivity contribution >= 4 is 27.0 Å². The van der Waals surface area contributed by atoms with Gasteiger partial charge in [-0.1, -0.05) is 17.3 Å². The summed E-state index contributed by atoms with van der Waals surface area (Å²) in [7, 11) is -3.89. The Morgan fingerprint density at radius 1 is 1.29 bits per heavy atom. The second-order valence-electron chi connectivity index (χ2n) is 6.59. The van der Waals surface area contributed by atoms with Crippen LogP contribution in [-0.2, 0) is 21.2 Å². The minimum Gasteiger partial charge on any atom is -0.360 e. The molecule has 1 atom stereocenters. The molecule has 3 rings (SSSR count). The summed E-state index contributed by atoms with van der Waals surface area (Å²) in [4.78, 5) is 19.9. The predicted octanol–water partition coefficient (Wildman–Crippen LogP) is 1.58. The highest BCUT2D eigenvalue weighted by molar-refractivity contribution is 7.89. The number of aromatic amines is 1. The molecule has 0 saturated heterocycles. The van der Waals surface area contributed by atoms with Crippen LogP contribution in [0, 0.1) is 13.8 Å². The molecule has 0 fully saturated rings. The van der Waals surface area contributed by atoms with Gasteiger partial charge in [-0.15, -0.1) is 0 Å². The highest BCUT2D eigenvalue weighted by Gasteiger charge is 2.27. The summed E-state index contributed by atoms with van der Waals surface area (Å²) in [6.45, 7) is 4.95. The van der Waals surface area contributed by atoms with Gasteiger partial charge in [-0.2, -0.15) is 4.72 Å². The van der Waals surface area contributed by atoms with Crippen molar-refractivity contribution in [1.82, 2.24) is 25.2 Å². The third-order valence-corrected chi connectivity index (χ3v) is 6.07. The molecule has 9 nitrogen and oxygen atoms in total. The van der Waals surface area contributed by atoms with Crippen LogP contribution in [0.25, 0.3) is 11.0 Å². The summed E-state index contributed by atoms with van der Waals surface area (Å²) >= 11 is 0. The van der Waals surface area contributed by atoms with E-state index in [0.29, 0.717) is 19.4 Å². The summed E-state index contributed by atoms with van der Waals surface area (Å²) in [5, 5.41) is 6.37. The number of hydrogen-bond donors (Lipinski definition) is 3. The maximum Gasteiger partial charge on any atom is 0.246 e. The molecule has 150 valence electrons. The van der Waals surface area contributed by atoms with Gasteiger partial charge in [0.2, 0.25) is 15.9 Å². The van der Waals surface area contributed by atoms with Gasteiger partial charge < -0.3 is 14.8 Å². The first-order chi connectivity index (χ1) is 13.3. The van der Waals surface area contributed by atoms with E-state index in [1.165, 1.54) is 20.8 Å². The van der Waals surface area contributed by atoms with E-state index in [0.717, 1.165) is 16.9 Å². The molecule has 0 spiro atoms. The number of amides is 1. The maximum absolute atomic E-state index is 12.4. The van der Waals surface area contributed by atoms with Gasteiger partial charge in [0.25, 0.3) is 0 Å². The number of carbonyl (C=O) groups excluding carboxylic acids is 1. The third-order valence-electron chi connectivity index (χ3n) is 4.29. The van der Waals surface area contributed by atoms with E-state index in [-0.39, 0.29) is 16.3 Å². The average Bonchev–Trinajstić information content (AvgIpc) is 3.20. The number of carbonyl (C=O) groups is 1. The minimum absolute atomic E-state index is 0.0305. The highest BCUT2D eigenvalue weighted by Crippen LogP contribution is 2.18. The van der Waals surface area contributed by atoms with Crippen LogP contribution in [-0.4, -0.2) is 42.0 Å². The Morgan fingerprint density at radius 3 is 2.71 bits per heavy atom. The molecule has 2 aromatic heterocycles. The van der Waals surface area contributed by atoms with Crippen molar-refractivity contribution in [3.8, 4) is 0 Å². The quantitative estimate of drug-likeness (QED) is 0.488. The zero-order valence-electron chi connectivity index (χ0n) is 15.9. The number of rotatable bonds is 8. The number of aromatic nitrogens is 3. The first-order valence-corrected chi connectivity index (χ1v) is 10.4. The number of sulfonamides is 1. The molecule has 0 aliphatic carbocycles. The number of aryl methyl sites for hydroxylation is 3. The Balaban J connectivity index is 1.49. The molecule has 0 aliphatic heterocycles. The molecule has 0 saturated carbocycles. The zero-order chi connectivity index (χ0) is 20.3. The topological polar surface area (TPSA) is 130 Å². The van der Waals surface area contributed by atoms with Crippen LogP contribution in [0.5, 0.6) is 0 Å². The molecule has 0 aliphatic rings. The number of benzene rings is 1. The minimum atomic E-state index is -3.89. The summed E-state index contributed by atoms with van der Waals surface area (Å²) in [5.74, 6) is 0.631. The Morgan fingerprint density at radius 2 is 2.04 bits per heavy atom. The van der Waals surface area contributed by atoms with Crippen LogP contribution in [0.2, 0.25) is 0 Å². The lowest BCUT2D eigenvalue weighted by Gasteiger charge is -2.14. The van der Waals surface area contributed by atoms with Crippen molar-refractivity contribution < 1.29 is 17.7 Å². The lowest BCUT2D eigenvalue weighted by atomic mass is 10.3. The summed E-state index contributed by atoms with van der Waals surface area (Å²) in [5.41, 5.74) is 2.14. The SMILES string of the molecule is Cc1noc(C)c1S(=O)(=O)N[C@H](C)C(=O)NCCCc1nc2ccccc2[nH]1. The van der Waals surface area contributed by atoms with Crippen LogP contribution in [0.3, 0.4) is 0 Å². The lowest BCUT2D eigenvalue weighted by molar-refractivity contribution is -0.122. The number of nitrogens with one attached hydrogen (secondary N) is 3. The van der Waals surface area contributed by atoms with Crippen molar-refractivity contribution in [3.05, 3.63) is 41.5 Å². The normalized spacial score (nSPS) is 13.0. The van der Waals surface area contributed by atoms with Crippen LogP contribution in [0.1, 0.15) is 30.6 Å². The fraction of sp³-hybridized carbons (Fsp3) is 0.389. The molecule has 0 bridgehead atoms. The predicted molar refractivity (Wildman–Crippen MR) is 103 cm³/mol. The number of nitrogens with zero attached hydrogens (tertiary/aromatic N) is 2. The van der Waals surface area contributed by atoms with Gasteiger partial charge in [-0.05, 0) is 39.3 Å². The molecule has 0 radical (unpaired) electrons. The summed E-state index contributed by atoms with van der Waals surface area (Å²) in [6.07, 6.45) is 1.35. The second kappa shape index (κ2) is 8.11. The number of para-hydroxylation sites is 2. The Kier molecular flexibility index (Phi) is 5.80.